The van der Waals surface area contributed by atoms with Crippen molar-refractivity contribution in [3.63, 3.8) is 0 Å². The van der Waals surface area contributed by atoms with E-state index in [0.29, 0.717) is 18.1 Å². The minimum absolute atomic E-state index is 0.118. The van der Waals surface area contributed by atoms with Crippen LogP contribution in [0.25, 0.3) is 5.57 Å². The van der Waals surface area contributed by atoms with Gasteiger partial charge in [-0.25, -0.2) is 0 Å². The van der Waals surface area contributed by atoms with Gasteiger partial charge in [-0.1, -0.05) is 12.1 Å². The van der Waals surface area contributed by atoms with Gasteiger partial charge in [-0.15, -0.1) is 0 Å². The van der Waals surface area contributed by atoms with Gasteiger partial charge in [0.25, 0.3) is 6.29 Å². The Hall–Kier alpha value is -1.08. The second-order valence-electron chi connectivity index (χ2n) is 4.35. The fraction of sp³-hybridized carbons (Fsp3) is 0.357. The summed E-state index contributed by atoms with van der Waals surface area (Å²) in [6.45, 7) is 2.28. The Morgan fingerprint density at radius 2 is 2.16 bits per heavy atom. The minimum atomic E-state index is -0.824. The van der Waals surface area contributed by atoms with Gasteiger partial charge in [0.2, 0.25) is 11.7 Å². The van der Waals surface area contributed by atoms with Crippen LogP contribution in [0.2, 0.25) is 0 Å². The molecule has 4 nitrogen and oxygen atoms in total. The predicted octanol–water partition coefficient (Wildman–Crippen LogP) is 2.48. The van der Waals surface area contributed by atoms with Crippen molar-refractivity contribution in [1.29, 1.82) is 0 Å². The zero-order valence-electron chi connectivity index (χ0n) is 11.1. The lowest BCUT2D eigenvalue weighted by Gasteiger charge is -2.16. The molecule has 1 aromatic rings. The largest absolute Gasteiger partial charge is 0.441 e. The van der Waals surface area contributed by atoms with E-state index in [0.717, 1.165) is 9.13 Å². The Bertz CT molecular complexity index is 525. The molecule has 0 aromatic heterocycles. The Balaban J connectivity index is 2.43. The molecule has 0 fully saturated rings. The third-order valence-corrected chi connectivity index (χ3v) is 3.40. The average Bonchev–Trinajstić information content (AvgIpc) is 2.68. The molecule has 19 heavy (non-hydrogen) atoms. The molecule has 0 spiro atoms. The Morgan fingerprint density at radius 1 is 1.42 bits per heavy atom. The zero-order chi connectivity index (χ0) is 14.0. The highest BCUT2D eigenvalue weighted by atomic mass is 127. The minimum Gasteiger partial charge on any atom is -0.441 e. The van der Waals surface area contributed by atoms with Crippen molar-refractivity contribution in [3.05, 3.63) is 39.3 Å². The van der Waals surface area contributed by atoms with Gasteiger partial charge in [-0.3, -0.25) is 4.79 Å². The highest BCUT2D eigenvalue weighted by Crippen LogP contribution is 2.32. The Morgan fingerprint density at radius 3 is 2.74 bits per heavy atom. The first-order valence-electron chi connectivity index (χ1n) is 6.04. The van der Waals surface area contributed by atoms with Gasteiger partial charge in [0.05, 0.1) is 5.57 Å². The molecule has 1 aromatic carbocycles. The van der Waals surface area contributed by atoms with Gasteiger partial charge in [0, 0.05) is 24.3 Å². The summed E-state index contributed by atoms with van der Waals surface area (Å²) in [5.41, 5.74) is 1.45. The molecule has 0 saturated carbocycles. The summed E-state index contributed by atoms with van der Waals surface area (Å²) in [6.07, 6.45) is -0.824. The number of ketones is 1. The fourth-order valence-corrected chi connectivity index (χ4v) is 2.48. The van der Waals surface area contributed by atoms with E-state index < -0.39 is 6.29 Å². The molecule has 0 amide bonds. The van der Waals surface area contributed by atoms with Crippen molar-refractivity contribution in [2.24, 2.45) is 0 Å². The number of carbonyl (C=O) groups excluding carboxylic acids is 1. The van der Waals surface area contributed by atoms with Crippen LogP contribution in [-0.4, -0.2) is 37.7 Å². The second kappa shape index (κ2) is 5.92. The number of halogens is 1. The lowest BCUT2D eigenvalue weighted by atomic mass is 10.0. The molecule has 102 valence electrons. The van der Waals surface area contributed by atoms with Gasteiger partial charge >= 0.3 is 0 Å². The van der Waals surface area contributed by atoms with Crippen LogP contribution in [0.3, 0.4) is 0 Å². The number of nitrogens with zero attached hydrogens (tertiary/aromatic N) is 1. The Labute approximate surface area is 126 Å². The fourth-order valence-electron chi connectivity index (χ4n) is 1.94. The Kier molecular flexibility index (Phi) is 4.46. The smallest absolute Gasteiger partial charge is 0.266 e. The first-order valence-corrected chi connectivity index (χ1v) is 7.12. The zero-order valence-corrected chi connectivity index (χ0v) is 13.3. The molecule has 0 aliphatic carbocycles. The van der Waals surface area contributed by atoms with E-state index in [9.17, 15) is 4.79 Å². The van der Waals surface area contributed by atoms with Crippen molar-refractivity contribution in [1.82, 2.24) is 4.90 Å². The van der Waals surface area contributed by atoms with Gasteiger partial charge in [0.15, 0.2) is 0 Å². The summed E-state index contributed by atoms with van der Waals surface area (Å²) in [5.74, 6) is 0.443. The topological polar surface area (TPSA) is 38.8 Å². The molecule has 0 N–H and O–H groups in total. The monoisotopic (exact) mass is 373 g/mol. The highest BCUT2D eigenvalue weighted by molar-refractivity contribution is 14.1. The second-order valence-corrected chi connectivity index (χ2v) is 5.60. The summed E-state index contributed by atoms with van der Waals surface area (Å²) in [6, 6.07) is 7.80. The van der Waals surface area contributed by atoms with Gasteiger partial charge in [-0.05, 0) is 47.2 Å². The first kappa shape index (κ1) is 14.3. The van der Waals surface area contributed by atoms with Gasteiger partial charge < -0.3 is 14.4 Å². The standard InChI is InChI=1S/C14H16INO3/c1-4-18-14-12(17)11(13(19-14)16(2)3)9-6-5-7-10(15)8-9/h5-8,14H,4H2,1-3H3. The van der Waals surface area contributed by atoms with E-state index in [-0.39, 0.29) is 5.78 Å². The van der Waals surface area contributed by atoms with Crippen molar-refractivity contribution < 1.29 is 14.3 Å². The summed E-state index contributed by atoms with van der Waals surface area (Å²) >= 11 is 2.23. The average molecular weight is 373 g/mol. The van der Waals surface area contributed by atoms with E-state index in [2.05, 4.69) is 22.6 Å². The third-order valence-electron chi connectivity index (χ3n) is 2.73. The van der Waals surface area contributed by atoms with E-state index in [1.165, 1.54) is 0 Å². The lowest BCUT2D eigenvalue weighted by Crippen LogP contribution is -2.22. The van der Waals surface area contributed by atoms with Gasteiger partial charge in [0.1, 0.15) is 0 Å². The van der Waals surface area contributed by atoms with Crippen LogP contribution < -0.4 is 0 Å². The predicted molar refractivity (Wildman–Crippen MR) is 81.3 cm³/mol. The highest BCUT2D eigenvalue weighted by Gasteiger charge is 2.37. The molecular formula is C14H16INO3. The maximum absolute atomic E-state index is 12.4. The number of benzene rings is 1. The first-order chi connectivity index (χ1) is 9.04. The van der Waals surface area contributed by atoms with Crippen molar-refractivity contribution in [2.45, 2.75) is 13.2 Å². The van der Waals surface area contributed by atoms with Crippen LogP contribution in [0.4, 0.5) is 0 Å². The molecule has 1 heterocycles. The number of hydrogen-bond acceptors (Lipinski definition) is 4. The molecular weight excluding hydrogens is 357 g/mol. The molecule has 2 rings (SSSR count). The van der Waals surface area contributed by atoms with E-state index in [4.69, 9.17) is 9.47 Å². The molecule has 0 saturated heterocycles. The van der Waals surface area contributed by atoms with Crippen LogP contribution in [0, 0.1) is 3.57 Å². The van der Waals surface area contributed by atoms with Crippen LogP contribution in [0.15, 0.2) is 30.1 Å². The van der Waals surface area contributed by atoms with Crippen molar-refractivity contribution >= 4 is 33.9 Å². The number of rotatable bonds is 4. The van der Waals surface area contributed by atoms with Crippen molar-refractivity contribution in [2.75, 3.05) is 20.7 Å². The maximum atomic E-state index is 12.4. The van der Waals surface area contributed by atoms with Crippen LogP contribution >= 0.6 is 22.6 Å². The number of ether oxygens (including phenoxy) is 2. The van der Waals surface area contributed by atoms with E-state index in [1.54, 1.807) is 4.90 Å². The number of carbonyl (C=O) groups is 1. The molecule has 5 heteroatoms. The molecule has 0 bridgehead atoms. The SMILES string of the molecule is CCOC1OC(N(C)C)=C(c2cccc(I)c2)C1=O. The molecule has 1 aliphatic rings. The van der Waals surface area contributed by atoms with Gasteiger partial charge in [-0.2, -0.15) is 0 Å². The lowest BCUT2D eigenvalue weighted by molar-refractivity contribution is -0.150. The molecule has 0 radical (unpaired) electrons. The number of Topliss-reactive ketones (excluding diaryl/α,β-unsaturated/α-hetero) is 1. The summed E-state index contributed by atoms with van der Waals surface area (Å²) in [7, 11) is 3.70. The summed E-state index contributed by atoms with van der Waals surface area (Å²) in [5, 5.41) is 0. The molecule has 1 atom stereocenters. The summed E-state index contributed by atoms with van der Waals surface area (Å²) < 4.78 is 12.0. The maximum Gasteiger partial charge on any atom is 0.266 e. The normalized spacial score (nSPS) is 18.7. The van der Waals surface area contributed by atoms with Crippen LogP contribution in [-0.2, 0) is 14.3 Å². The molecule has 1 aliphatic heterocycles. The molecule has 1 unspecified atom stereocenters. The van der Waals surface area contributed by atoms with Crippen LogP contribution in [0.1, 0.15) is 12.5 Å². The quantitative estimate of drug-likeness (QED) is 0.761. The summed E-state index contributed by atoms with van der Waals surface area (Å²) in [4.78, 5) is 14.2. The van der Waals surface area contributed by atoms with E-state index in [1.807, 2.05) is 45.3 Å². The van der Waals surface area contributed by atoms with E-state index >= 15 is 0 Å². The van der Waals surface area contributed by atoms with Crippen molar-refractivity contribution in [3.8, 4) is 0 Å². The van der Waals surface area contributed by atoms with Crippen LogP contribution in [0.5, 0.6) is 0 Å². The third kappa shape index (κ3) is 2.92. The number of hydrogen-bond donors (Lipinski definition) is 0.